The monoisotopic (exact) mass is 478 g/mol. The number of aromatic nitrogens is 1. The Morgan fingerprint density at radius 3 is 2.51 bits per heavy atom. The lowest BCUT2D eigenvalue weighted by Gasteiger charge is -2.37. The van der Waals surface area contributed by atoms with E-state index in [1.165, 1.54) is 11.6 Å². The van der Waals surface area contributed by atoms with E-state index in [2.05, 4.69) is 40.8 Å². The number of aryl methyl sites for hydroxylation is 1. The minimum atomic E-state index is -0.185. The third-order valence-corrected chi connectivity index (χ3v) is 7.24. The zero-order valence-electron chi connectivity index (χ0n) is 21.2. The van der Waals surface area contributed by atoms with E-state index in [4.69, 9.17) is 0 Å². The lowest BCUT2D eigenvalue weighted by molar-refractivity contribution is -0.120. The molecule has 1 atom stereocenters. The molecule has 1 aliphatic rings. The van der Waals surface area contributed by atoms with E-state index in [-0.39, 0.29) is 17.8 Å². The molecule has 1 aliphatic heterocycles. The number of hydrogen-bond donors (Lipinski definition) is 1. The maximum atomic E-state index is 13.6. The molecule has 0 bridgehead atoms. The van der Waals surface area contributed by atoms with Crippen LogP contribution in [-0.2, 0) is 11.2 Å². The normalized spacial score (nSPS) is 16.0. The van der Waals surface area contributed by atoms with Gasteiger partial charge in [-0.1, -0.05) is 38.5 Å². The first-order valence-electron chi connectivity index (χ1n) is 13.2. The summed E-state index contributed by atoms with van der Waals surface area (Å²) in [6.45, 7) is 9.65. The number of para-hydroxylation sites is 1. The number of benzene rings is 2. The fourth-order valence-electron chi connectivity index (χ4n) is 5.29. The van der Waals surface area contributed by atoms with E-state index in [9.17, 15) is 9.18 Å². The molecule has 5 nitrogen and oxygen atoms in total. The van der Waals surface area contributed by atoms with Crippen molar-refractivity contribution in [1.29, 1.82) is 0 Å². The van der Waals surface area contributed by atoms with Crippen molar-refractivity contribution in [3.63, 3.8) is 0 Å². The summed E-state index contributed by atoms with van der Waals surface area (Å²) in [6.07, 6.45) is 7.04. The number of aromatic amines is 1. The molecule has 2 heterocycles. The molecule has 1 fully saturated rings. The van der Waals surface area contributed by atoms with Crippen LogP contribution in [0.25, 0.3) is 10.9 Å². The maximum Gasteiger partial charge on any atom is 0.241 e. The Labute approximate surface area is 208 Å². The smallest absolute Gasteiger partial charge is 0.241 e. The molecule has 0 spiro atoms. The molecule has 35 heavy (non-hydrogen) atoms. The molecule has 4 rings (SSSR count). The lowest BCUT2D eigenvalue weighted by atomic mass is 10.1. The minimum Gasteiger partial charge on any atom is -0.361 e. The summed E-state index contributed by atoms with van der Waals surface area (Å²) < 4.78 is 13.6. The van der Waals surface area contributed by atoms with Gasteiger partial charge in [-0.3, -0.25) is 9.69 Å². The molecule has 1 saturated heterocycles. The third-order valence-electron chi connectivity index (χ3n) is 7.24. The van der Waals surface area contributed by atoms with Gasteiger partial charge in [0.1, 0.15) is 5.82 Å². The number of anilines is 1. The van der Waals surface area contributed by atoms with Gasteiger partial charge in [0.05, 0.1) is 6.54 Å². The van der Waals surface area contributed by atoms with Gasteiger partial charge in [-0.25, -0.2) is 4.39 Å². The quantitative estimate of drug-likeness (QED) is 0.397. The van der Waals surface area contributed by atoms with Crippen LogP contribution < -0.4 is 4.90 Å². The topological polar surface area (TPSA) is 42.6 Å². The molecule has 1 N–H and O–H groups in total. The molecule has 0 saturated carbocycles. The number of H-pyrrole nitrogens is 1. The van der Waals surface area contributed by atoms with Gasteiger partial charge in [-0.2, -0.15) is 0 Å². The SMILES string of the molecule is CCCC(CC)N(C(=O)CN1CCN(CCCc2c[nH]c3ccc(F)cc23)CC1)c1ccccc1. The van der Waals surface area contributed by atoms with Crippen LogP contribution in [-0.4, -0.2) is 66.0 Å². The van der Waals surface area contributed by atoms with E-state index >= 15 is 0 Å². The number of halogens is 1. The fraction of sp³-hybridized carbons (Fsp3) is 0.483. The van der Waals surface area contributed by atoms with Crippen molar-refractivity contribution in [3.8, 4) is 0 Å². The molecule has 6 heteroatoms. The number of nitrogens with one attached hydrogen (secondary N) is 1. The second-order valence-electron chi connectivity index (χ2n) is 9.68. The lowest BCUT2D eigenvalue weighted by Crippen LogP contribution is -2.51. The molecule has 0 aliphatic carbocycles. The highest BCUT2D eigenvalue weighted by atomic mass is 19.1. The second-order valence-corrected chi connectivity index (χ2v) is 9.68. The summed E-state index contributed by atoms with van der Waals surface area (Å²) in [5, 5.41) is 0.991. The van der Waals surface area contributed by atoms with Crippen LogP contribution in [0.4, 0.5) is 10.1 Å². The molecule has 1 amide bonds. The predicted octanol–water partition coefficient (Wildman–Crippen LogP) is 5.47. The van der Waals surface area contributed by atoms with Gasteiger partial charge in [-0.05, 0) is 68.1 Å². The first-order chi connectivity index (χ1) is 17.1. The zero-order valence-corrected chi connectivity index (χ0v) is 21.2. The summed E-state index contributed by atoms with van der Waals surface area (Å²) in [6, 6.07) is 15.3. The van der Waals surface area contributed by atoms with E-state index in [1.54, 1.807) is 12.1 Å². The standard InChI is InChI=1S/C29H39FN4O/c1-3-9-25(4-2)34(26-11-6-5-7-12-26)29(35)22-33-18-16-32(17-19-33)15-8-10-23-21-31-28-14-13-24(30)20-27(23)28/h5-7,11-14,20-21,25,31H,3-4,8-10,15-19,22H2,1-2H3. The van der Waals surface area contributed by atoms with Gasteiger partial charge in [0.2, 0.25) is 5.91 Å². The zero-order chi connectivity index (χ0) is 24.6. The van der Waals surface area contributed by atoms with E-state index < -0.39 is 0 Å². The Morgan fingerprint density at radius 1 is 1.06 bits per heavy atom. The van der Waals surface area contributed by atoms with Crippen LogP contribution in [0.1, 0.15) is 45.1 Å². The van der Waals surface area contributed by atoms with Gasteiger partial charge in [0.25, 0.3) is 0 Å². The summed E-state index contributed by atoms with van der Waals surface area (Å²) in [7, 11) is 0. The highest BCUT2D eigenvalue weighted by Crippen LogP contribution is 2.23. The molecule has 2 aromatic carbocycles. The molecule has 3 aromatic rings. The summed E-state index contributed by atoms with van der Waals surface area (Å²) in [5.74, 6) is 0.0197. The Kier molecular flexibility index (Phi) is 8.94. The van der Waals surface area contributed by atoms with Gasteiger partial charge in [0, 0.05) is 55.0 Å². The first kappa shape index (κ1) is 25.4. The molecule has 188 valence electrons. The highest BCUT2D eigenvalue weighted by molar-refractivity contribution is 5.95. The van der Waals surface area contributed by atoms with Crippen LogP contribution in [0.5, 0.6) is 0 Å². The van der Waals surface area contributed by atoms with Crippen LogP contribution in [0.15, 0.2) is 54.7 Å². The fourth-order valence-corrected chi connectivity index (χ4v) is 5.29. The Morgan fingerprint density at radius 2 is 1.80 bits per heavy atom. The van der Waals surface area contributed by atoms with E-state index in [1.807, 2.05) is 29.3 Å². The van der Waals surface area contributed by atoms with Crippen LogP contribution in [0.2, 0.25) is 0 Å². The van der Waals surface area contributed by atoms with Crippen molar-refractivity contribution in [2.24, 2.45) is 0 Å². The number of piperazine rings is 1. The average Bonchev–Trinajstić information content (AvgIpc) is 3.27. The maximum absolute atomic E-state index is 13.6. The van der Waals surface area contributed by atoms with Crippen molar-refractivity contribution in [1.82, 2.24) is 14.8 Å². The molecule has 1 unspecified atom stereocenters. The van der Waals surface area contributed by atoms with Gasteiger partial charge < -0.3 is 14.8 Å². The molecule has 0 radical (unpaired) electrons. The Hall–Kier alpha value is -2.70. The van der Waals surface area contributed by atoms with Crippen LogP contribution >= 0.6 is 0 Å². The van der Waals surface area contributed by atoms with Crippen molar-refractivity contribution >= 4 is 22.5 Å². The Balaban J connectivity index is 1.26. The summed E-state index contributed by atoms with van der Waals surface area (Å²) in [5.41, 5.74) is 3.18. The number of carbonyl (C=O) groups is 1. The summed E-state index contributed by atoms with van der Waals surface area (Å²) in [4.78, 5) is 23.5. The molecular formula is C29H39FN4O. The molecule has 1 aromatic heterocycles. The Bertz CT molecular complexity index is 1070. The number of amides is 1. The number of fused-ring (bicyclic) bond motifs is 1. The van der Waals surface area contributed by atoms with Crippen molar-refractivity contribution < 1.29 is 9.18 Å². The number of hydrogen-bond acceptors (Lipinski definition) is 3. The van der Waals surface area contributed by atoms with Gasteiger partial charge in [-0.15, -0.1) is 0 Å². The number of carbonyl (C=O) groups excluding carboxylic acids is 1. The van der Waals surface area contributed by atoms with Gasteiger partial charge in [0.15, 0.2) is 0 Å². The van der Waals surface area contributed by atoms with Crippen molar-refractivity contribution in [3.05, 3.63) is 66.1 Å². The van der Waals surface area contributed by atoms with Crippen molar-refractivity contribution in [2.45, 2.75) is 52.0 Å². The third kappa shape index (κ3) is 6.50. The number of nitrogens with zero attached hydrogens (tertiary/aromatic N) is 3. The largest absolute Gasteiger partial charge is 0.361 e. The average molecular weight is 479 g/mol. The second kappa shape index (κ2) is 12.3. The first-order valence-corrected chi connectivity index (χ1v) is 13.2. The summed E-state index contributed by atoms with van der Waals surface area (Å²) >= 11 is 0. The highest BCUT2D eigenvalue weighted by Gasteiger charge is 2.26. The number of rotatable bonds is 11. The van der Waals surface area contributed by atoms with Crippen LogP contribution in [0.3, 0.4) is 0 Å². The van der Waals surface area contributed by atoms with Gasteiger partial charge >= 0.3 is 0 Å². The minimum absolute atomic E-state index is 0.185. The predicted molar refractivity (Wildman–Crippen MR) is 142 cm³/mol. The van der Waals surface area contributed by atoms with E-state index in [0.29, 0.717) is 6.54 Å². The van der Waals surface area contributed by atoms with Crippen LogP contribution in [0, 0.1) is 5.82 Å². The van der Waals surface area contributed by atoms with Crippen molar-refractivity contribution in [2.75, 3.05) is 44.2 Å². The molecular weight excluding hydrogens is 439 g/mol. The van der Waals surface area contributed by atoms with E-state index in [0.717, 1.165) is 81.4 Å².